The smallest absolute Gasteiger partial charge is 0.0797 e. The molecule has 2 atom stereocenters. The monoisotopic (exact) mass is 199 g/mol. The first kappa shape index (κ1) is 10.7. The van der Waals surface area contributed by atoms with Crippen molar-refractivity contribution in [2.45, 2.75) is 39.7 Å². The summed E-state index contributed by atoms with van der Waals surface area (Å²) in [5.41, 5.74) is 3.03. The number of hydrogen-bond donors (Lipinski definition) is 1. The average molecular weight is 199 g/mol. The molecule has 1 aromatic rings. The molecule has 1 N–H and O–H groups in total. The third-order valence-electron chi connectivity index (χ3n) is 2.50. The molecule has 1 rings (SSSR count). The molecule has 1 aromatic heterocycles. The Bertz CT molecular complexity index is 257. The van der Waals surface area contributed by atoms with Crippen molar-refractivity contribution in [3.05, 3.63) is 16.1 Å². The van der Waals surface area contributed by atoms with Gasteiger partial charge in [-0.2, -0.15) is 0 Å². The second kappa shape index (κ2) is 4.72. The minimum absolute atomic E-state index is 0.201. The highest BCUT2D eigenvalue weighted by Gasteiger charge is 2.10. The molecule has 0 aliphatic heterocycles. The van der Waals surface area contributed by atoms with E-state index >= 15 is 0 Å². The summed E-state index contributed by atoms with van der Waals surface area (Å²) in [6, 6.07) is 0. The van der Waals surface area contributed by atoms with Crippen LogP contribution in [0.4, 0.5) is 0 Å². The highest BCUT2D eigenvalue weighted by Crippen LogP contribution is 2.18. The van der Waals surface area contributed by atoms with Gasteiger partial charge in [0.2, 0.25) is 0 Å². The zero-order valence-corrected chi connectivity index (χ0v) is 9.27. The van der Waals surface area contributed by atoms with E-state index in [1.807, 2.05) is 19.4 Å². The van der Waals surface area contributed by atoms with Crippen molar-refractivity contribution in [2.75, 3.05) is 0 Å². The molecule has 2 nitrogen and oxygen atoms in total. The minimum atomic E-state index is -0.201. The maximum atomic E-state index is 9.31. The zero-order chi connectivity index (χ0) is 9.84. The Morgan fingerprint density at radius 1 is 1.54 bits per heavy atom. The Labute approximate surface area is 83.6 Å². The lowest BCUT2D eigenvalue weighted by molar-refractivity contribution is 0.130. The fourth-order valence-electron chi connectivity index (χ4n) is 1.17. The molecular weight excluding hydrogens is 182 g/mol. The van der Waals surface area contributed by atoms with Crippen LogP contribution in [0.1, 0.15) is 30.8 Å². The topological polar surface area (TPSA) is 33.1 Å². The number of thiazole rings is 1. The molecule has 74 valence electrons. The average Bonchev–Trinajstić information content (AvgIpc) is 2.47. The van der Waals surface area contributed by atoms with Crippen LogP contribution in [0.5, 0.6) is 0 Å². The second-order valence-corrected chi connectivity index (χ2v) is 4.56. The van der Waals surface area contributed by atoms with Crippen LogP contribution >= 0.6 is 11.3 Å². The van der Waals surface area contributed by atoms with Crippen molar-refractivity contribution in [2.24, 2.45) is 5.92 Å². The van der Waals surface area contributed by atoms with Crippen molar-refractivity contribution in [3.63, 3.8) is 0 Å². The van der Waals surface area contributed by atoms with Gasteiger partial charge in [0, 0.05) is 4.88 Å². The quantitative estimate of drug-likeness (QED) is 0.807. The van der Waals surface area contributed by atoms with Crippen molar-refractivity contribution >= 4 is 11.3 Å². The van der Waals surface area contributed by atoms with Gasteiger partial charge in [-0.15, -0.1) is 11.3 Å². The first-order chi connectivity index (χ1) is 6.11. The van der Waals surface area contributed by atoms with Gasteiger partial charge in [-0.1, -0.05) is 6.92 Å². The Kier molecular flexibility index (Phi) is 3.88. The van der Waals surface area contributed by atoms with Gasteiger partial charge in [-0.05, 0) is 32.6 Å². The van der Waals surface area contributed by atoms with Crippen LogP contribution in [0.15, 0.2) is 5.51 Å². The summed E-state index contributed by atoms with van der Waals surface area (Å²) in [4.78, 5) is 5.55. The molecule has 0 aromatic carbocycles. The summed E-state index contributed by atoms with van der Waals surface area (Å²) < 4.78 is 0. The summed E-state index contributed by atoms with van der Waals surface area (Å²) in [5, 5.41) is 9.31. The Hall–Kier alpha value is -0.410. The zero-order valence-electron chi connectivity index (χ0n) is 8.45. The van der Waals surface area contributed by atoms with Gasteiger partial charge in [0.15, 0.2) is 0 Å². The summed E-state index contributed by atoms with van der Waals surface area (Å²) in [6.07, 6.45) is 1.89. The largest absolute Gasteiger partial charge is 0.393 e. The van der Waals surface area contributed by atoms with Gasteiger partial charge in [0.25, 0.3) is 0 Å². The molecule has 0 amide bonds. The van der Waals surface area contributed by atoms with Gasteiger partial charge in [-0.25, -0.2) is 4.98 Å². The molecule has 0 spiro atoms. The number of hydrogen-bond acceptors (Lipinski definition) is 3. The summed E-state index contributed by atoms with van der Waals surface area (Å²) >= 11 is 1.71. The summed E-state index contributed by atoms with van der Waals surface area (Å²) in [6.45, 7) is 5.98. The van der Waals surface area contributed by atoms with Crippen LogP contribution in [-0.2, 0) is 6.42 Å². The fraction of sp³-hybridized carbons (Fsp3) is 0.700. The van der Waals surface area contributed by atoms with Crippen LogP contribution in [0, 0.1) is 12.8 Å². The van der Waals surface area contributed by atoms with E-state index in [0.717, 1.165) is 18.5 Å². The van der Waals surface area contributed by atoms with Crippen LogP contribution in [0.2, 0.25) is 0 Å². The van der Waals surface area contributed by atoms with Crippen LogP contribution in [-0.4, -0.2) is 16.2 Å². The third kappa shape index (κ3) is 3.08. The van der Waals surface area contributed by atoms with Crippen LogP contribution < -0.4 is 0 Å². The van der Waals surface area contributed by atoms with E-state index in [2.05, 4.69) is 11.9 Å². The standard InChI is InChI=1S/C10H17NOS/c1-7(9(3)12)4-5-10-8(2)11-6-13-10/h6-7,9,12H,4-5H2,1-3H3. The van der Waals surface area contributed by atoms with Crippen molar-refractivity contribution in [1.29, 1.82) is 0 Å². The van der Waals surface area contributed by atoms with Crippen molar-refractivity contribution in [1.82, 2.24) is 4.98 Å². The molecule has 3 heteroatoms. The predicted octanol–water partition coefficient (Wildman–Crippen LogP) is 2.40. The first-order valence-electron chi connectivity index (χ1n) is 4.68. The van der Waals surface area contributed by atoms with E-state index in [1.54, 1.807) is 11.3 Å². The van der Waals surface area contributed by atoms with E-state index < -0.39 is 0 Å². The van der Waals surface area contributed by atoms with E-state index in [0.29, 0.717) is 5.92 Å². The molecule has 0 saturated carbocycles. The number of rotatable bonds is 4. The predicted molar refractivity (Wildman–Crippen MR) is 56.0 cm³/mol. The Balaban J connectivity index is 2.39. The molecule has 13 heavy (non-hydrogen) atoms. The number of aryl methyl sites for hydroxylation is 2. The van der Waals surface area contributed by atoms with Crippen molar-refractivity contribution in [3.8, 4) is 0 Å². The van der Waals surface area contributed by atoms with Gasteiger partial charge in [0.05, 0.1) is 17.3 Å². The highest BCUT2D eigenvalue weighted by molar-refractivity contribution is 7.09. The molecule has 0 bridgehead atoms. The van der Waals surface area contributed by atoms with Crippen LogP contribution in [0.25, 0.3) is 0 Å². The number of aromatic nitrogens is 1. The SMILES string of the molecule is Cc1ncsc1CCC(C)C(C)O. The molecule has 0 radical (unpaired) electrons. The fourth-order valence-corrected chi connectivity index (χ4v) is 1.96. The van der Waals surface area contributed by atoms with E-state index in [4.69, 9.17) is 0 Å². The van der Waals surface area contributed by atoms with Crippen molar-refractivity contribution < 1.29 is 5.11 Å². The van der Waals surface area contributed by atoms with E-state index in [-0.39, 0.29) is 6.10 Å². The van der Waals surface area contributed by atoms with Gasteiger partial charge < -0.3 is 5.11 Å². The third-order valence-corrected chi connectivity index (χ3v) is 3.49. The van der Waals surface area contributed by atoms with E-state index in [1.165, 1.54) is 4.88 Å². The first-order valence-corrected chi connectivity index (χ1v) is 5.56. The van der Waals surface area contributed by atoms with Crippen LogP contribution in [0.3, 0.4) is 0 Å². The minimum Gasteiger partial charge on any atom is -0.393 e. The van der Waals surface area contributed by atoms with E-state index in [9.17, 15) is 5.11 Å². The molecular formula is C10H17NOS. The Morgan fingerprint density at radius 3 is 2.69 bits per heavy atom. The maximum Gasteiger partial charge on any atom is 0.0797 e. The molecule has 0 aliphatic carbocycles. The van der Waals surface area contributed by atoms with Gasteiger partial charge >= 0.3 is 0 Å². The summed E-state index contributed by atoms with van der Waals surface area (Å²) in [5.74, 6) is 0.376. The molecule has 2 unspecified atom stereocenters. The molecule has 0 fully saturated rings. The normalized spacial score (nSPS) is 15.7. The maximum absolute atomic E-state index is 9.31. The molecule has 1 heterocycles. The molecule has 0 saturated heterocycles. The lowest BCUT2D eigenvalue weighted by Gasteiger charge is -2.13. The number of nitrogens with zero attached hydrogens (tertiary/aromatic N) is 1. The van der Waals surface area contributed by atoms with Gasteiger partial charge in [0.1, 0.15) is 0 Å². The number of aliphatic hydroxyl groups excluding tert-OH is 1. The second-order valence-electron chi connectivity index (χ2n) is 3.62. The lowest BCUT2D eigenvalue weighted by atomic mass is 9.99. The summed E-state index contributed by atoms with van der Waals surface area (Å²) in [7, 11) is 0. The number of aliphatic hydroxyl groups is 1. The molecule has 0 aliphatic rings. The van der Waals surface area contributed by atoms with Gasteiger partial charge in [-0.3, -0.25) is 0 Å². The Morgan fingerprint density at radius 2 is 2.23 bits per heavy atom. The highest BCUT2D eigenvalue weighted by atomic mass is 32.1. The lowest BCUT2D eigenvalue weighted by Crippen LogP contribution is -2.13.